The summed E-state index contributed by atoms with van der Waals surface area (Å²) in [5, 5.41) is 16.4. The van der Waals surface area contributed by atoms with Crippen molar-refractivity contribution in [3.8, 4) is 0 Å². The monoisotopic (exact) mass is 476 g/mol. The number of rotatable bonds is 17. The molecular weight excluding hydrogens is 440 g/mol. The Labute approximate surface area is 192 Å². The number of carboxylic acid groups (broad SMARTS) is 1. The van der Waals surface area contributed by atoms with Crippen LogP contribution in [0.5, 0.6) is 0 Å². The van der Waals surface area contributed by atoms with Gasteiger partial charge in [-0.15, -0.1) is 0 Å². The molecule has 0 fully saturated rings. The first-order chi connectivity index (χ1) is 15.0. The fourth-order valence-corrected chi connectivity index (χ4v) is 3.11. The molecule has 4 amide bonds. The molecule has 0 saturated heterocycles. The predicted molar refractivity (Wildman–Crippen MR) is 121 cm³/mol. The molecule has 10 N–H and O–H groups in total. The van der Waals surface area contributed by atoms with Crippen molar-refractivity contribution >= 4 is 41.4 Å². The maximum absolute atomic E-state index is 12.9. The molecule has 0 spiro atoms. The summed E-state index contributed by atoms with van der Waals surface area (Å²) in [6, 6.07) is -4.19. The second-order valence-corrected chi connectivity index (χ2v) is 8.35. The van der Waals surface area contributed by atoms with E-state index in [1.54, 1.807) is 0 Å². The highest BCUT2D eigenvalue weighted by Gasteiger charge is 2.29. The zero-order valence-electron chi connectivity index (χ0n) is 18.6. The molecule has 32 heavy (non-hydrogen) atoms. The molecule has 0 aromatic rings. The number of nitrogens with two attached hydrogens (primary N) is 3. The van der Waals surface area contributed by atoms with Crippen LogP contribution in [-0.4, -0.2) is 77.4 Å². The van der Waals surface area contributed by atoms with Gasteiger partial charge >= 0.3 is 5.97 Å². The maximum atomic E-state index is 12.9. The van der Waals surface area contributed by atoms with Gasteiger partial charge < -0.3 is 38.3 Å². The van der Waals surface area contributed by atoms with Crippen molar-refractivity contribution in [1.29, 1.82) is 0 Å². The molecule has 0 rings (SSSR count). The molecule has 4 atom stereocenters. The smallest absolute Gasteiger partial charge is 0.325 e. The maximum Gasteiger partial charge on any atom is 0.325 e. The zero-order valence-corrected chi connectivity index (χ0v) is 19.4. The first-order valence-electron chi connectivity index (χ1n) is 10.4. The van der Waals surface area contributed by atoms with Crippen molar-refractivity contribution in [1.82, 2.24) is 16.0 Å². The molecule has 0 aromatic carbocycles. The van der Waals surface area contributed by atoms with Gasteiger partial charge in [0.1, 0.15) is 18.1 Å². The summed E-state index contributed by atoms with van der Waals surface area (Å²) in [5.74, 6) is -3.17. The third-order valence-corrected chi connectivity index (χ3v) is 5.24. The van der Waals surface area contributed by atoms with Gasteiger partial charge in [0.2, 0.25) is 23.6 Å². The Morgan fingerprint density at radius 1 is 0.906 bits per heavy atom. The molecule has 13 heteroatoms. The van der Waals surface area contributed by atoms with Crippen LogP contribution in [0.15, 0.2) is 0 Å². The molecule has 4 unspecified atom stereocenters. The second-order valence-electron chi connectivity index (χ2n) is 7.37. The van der Waals surface area contributed by atoms with Crippen molar-refractivity contribution in [2.75, 3.05) is 18.6 Å². The minimum absolute atomic E-state index is 0.0785. The third-order valence-electron chi connectivity index (χ3n) is 4.59. The first kappa shape index (κ1) is 29.6. The van der Waals surface area contributed by atoms with E-state index < -0.39 is 53.8 Å². The van der Waals surface area contributed by atoms with Gasteiger partial charge in [0.25, 0.3) is 0 Å². The lowest BCUT2D eigenvalue weighted by molar-refractivity contribution is -0.141. The van der Waals surface area contributed by atoms with E-state index in [9.17, 15) is 24.0 Å². The molecule has 0 aromatic heterocycles. The molecule has 0 heterocycles. The van der Waals surface area contributed by atoms with E-state index in [2.05, 4.69) is 16.0 Å². The molecule has 0 aliphatic carbocycles. The number of carbonyl (C=O) groups is 5. The SMILES string of the molecule is CSCCC(N)C(=O)NC(CCC(N)=O)C(=O)NC(CCCCN)C(=O)NC(C)C(=O)O. The second kappa shape index (κ2) is 16.3. The number of hydrogen-bond donors (Lipinski definition) is 7. The average Bonchev–Trinajstić information content (AvgIpc) is 2.73. The first-order valence-corrected chi connectivity index (χ1v) is 11.8. The van der Waals surface area contributed by atoms with Crippen LogP contribution in [0.4, 0.5) is 0 Å². The fraction of sp³-hybridized carbons (Fsp3) is 0.737. The molecular formula is C19H36N6O6S. The number of thioether (sulfide) groups is 1. The number of unbranched alkanes of at least 4 members (excludes halogenated alkanes) is 1. The van der Waals surface area contributed by atoms with Crippen LogP contribution in [0, 0.1) is 0 Å². The minimum Gasteiger partial charge on any atom is -0.480 e. The van der Waals surface area contributed by atoms with Gasteiger partial charge in [-0.25, -0.2) is 0 Å². The van der Waals surface area contributed by atoms with Gasteiger partial charge in [-0.3, -0.25) is 24.0 Å². The molecule has 0 aliphatic rings. The van der Waals surface area contributed by atoms with E-state index in [0.29, 0.717) is 31.6 Å². The number of nitrogens with one attached hydrogen (secondary N) is 3. The zero-order chi connectivity index (χ0) is 24.7. The van der Waals surface area contributed by atoms with Crippen LogP contribution in [0.1, 0.15) is 45.4 Å². The van der Waals surface area contributed by atoms with Crippen molar-refractivity contribution in [3.05, 3.63) is 0 Å². The number of aliphatic carboxylic acids is 1. The van der Waals surface area contributed by atoms with Crippen LogP contribution in [-0.2, 0) is 24.0 Å². The largest absolute Gasteiger partial charge is 0.480 e. The van der Waals surface area contributed by atoms with E-state index in [4.69, 9.17) is 22.3 Å². The van der Waals surface area contributed by atoms with Crippen molar-refractivity contribution in [3.63, 3.8) is 0 Å². The Bertz CT molecular complexity index is 650. The summed E-state index contributed by atoms with van der Waals surface area (Å²) in [6.07, 6.45) is 3.34. The predicted octanol–water partition coefficient (Wildman–Crippen LogP) is -1.98. The molecule has 0 bridgehead atoms. The number of hydrogen-bond acceptors (Lipinski definition) is 8. The van der Waals surface area contributed by atoms with Crippen molar-refractivity contribution in [2.24, 2.45) is 17.2 Å². The highest BCUT2D eigenvalue weighted by molar-refractivity contribution is 7.98. The van der Waals surface area contributed by atoms with Gasteiger partial charge in [0.05, 0.1) is 6.04 Å². The lowest BCUT2D eigenvalue weighted by Crippen LogP contribution is -2.57. The van der Waals surface area contributed by atoms with E-state index in [0.717, 1.165) is 0 Å². The van der Waals surface area contributed by atoms with Crippen LogP contribution in [0.25, 0.3) is 0 Å². The molecule has 0 saturated carbocycles. The normalized spacial score (nSPS) is 14.5. The minimum atomic E-state index is -1.23. The van der Waals surface area contributed by atoms with Gasteiger partial charge in [-0.05, 0) is 57.6 Å². The van der Waals surface area contributed by atoms with Gasteiger partial charge in [-0.2, -0.15) is 11.8 Å². The topological polar surface area (TPSA) is 220 Å². The quantitative estimate of drug-likeness (QED) is 0.115. The summed E-state index contributed by atoms with van der Waals surface area (Å²) >= 11 is 1.52. The third kappa shape index (κ3) is 12.5. The van der Waals surface area contributed by atoms with Gasteiger partial charge in [-0.1, -0.05) is 0 Å². The Morgan fingerprint density at radius 3 is 2.00 bits per heavy atom. The standard InChI is InChI=1S/C19H36N6O6S/c1-11(19(30)31)23-17(28)13(5-3-4-9-20)25-18(29)14(6-7-15(22)26)24-16(27)12(21)8-10-32-2/h11-14H,3-10,20-21H2,1-2H3,(H2,22,26)(H,23,28)(H,24,27)(H,25,29)(H,30,31). The summed E-state index contributed by atoms with van der Waals surface area (Å²) in [7, 11) is 0. The summed E-state index contributed by atoms with van der Waals surface area (Å²) < 4.78 is 0. The number of carbonyl (C=O) groups excluding carboxylic acids is 4. The van der Waals surface area contributed by atoms with E-state index in [1.165, 1.54) is 18.7 Å². The Hall–Kier alpha value is -2.38. The highest BCUT2D eigenvalue weighted by Crippen LogP contribution is 2.06. The lowest BCUT2D eigenvalue weighted by Gasteiger charge is -2.24. The summed E-state index contributed by atoms with van der Waals surface area (Å²) in [5.41, 5.74) is 16.5. The van der Waals surface area contributed by atoms with Crippen molar-refractivity contribution in [2.45, 2.75) is 69.6 Å². The lowest BCUT2D eigenvalue weighted by atomic mass is 10.1. The van der Waals surface area contributed by atoms with E-state index >= 15 is 0 Å². The van der Waals surface area contributed by atoms with E-state index in [-0.39, 0.29) is 19.3 Å². The van der Waals surface area contributed by atoms with Crippen LogP contribution >= 0.6 is 11.8 Å². The number of primary amides is 1. The number of carboxylic acids is 1. The average molecular weight is 477 g/mol. The molecule has 184 valence electrons. The summed E-state index contributed by atoms with van der Waals surface area (Å²) in [4.78, 5) is 60.0. The van der Waals surface area contributed by atoms with Crippen LogP contribution in [0.3, 0.4) is 0 Å². The Balaban J connectivity index is 5.35. The Morgan fingerprint density at radius 2 is 1.47 bits per heavy atom. The summed E-state index contributed by atoms with van der Waals surface area (Å²) in [6.45, 7) is 1.68. The number of amides is 4. The van der Waals surface area contributed by atoms with Crippen LogP contribution in [0.2, 0.25) is 0 Å². The van der Waals surface area contributed by atoms with E-state index in [1.807, 2.05) is 6.26 Å². The molecule has 0 radical (unpaired) electrons. The van der Waals surface area contributed by atoms with Gasteiger partial charge in [0, 0.05) is 6.42 Å². The molecule has 0 aliphatic heterocycles. The molecule has 12 nitrogen and oxygen atoms in total. The Kier molecular flexibility index (Phi) is 15.1. The van der Waals surface area contributed by atoms with Crippen LogP contribution < -0.4 is 33.2 Å². The fourth-order valence-electron chi connectivity index (χ4n) is 2.62. The highest BCUT2D eigenvalue weighted by atomic mass is 32.2. The van der Waals surface area contributed by atoms with Crippen molar-refractivity contribution < 1.29 is 29.1 Å². The van der Waals surface area contributed by atoms with Gasteiger partial charge in [0.15, 0.2) is 0 Å².